The van der Waals surface area contributed by atoms with Crippen LogP contribution in [0.3, 0.4) is 0 Å². The van der Waals surface area contributed by atoms with Crippen LogP contribution in [0.4, 0.5) is 0 Å². The van der Waals surface area contributed by atoms with Crippen molar-refractivity contribution in [1.29, 1.82) is 0 Å². The Morgan fingerprint density at radius 1 is 1.36 bits per heavy atom. The fourth-order valence-electron chi connectivity index (χ4n) is 0.529. The van der Waals surface area contributed by atoms with Crippen molar-refractivity contribution in [1.82, 2.24) is 0 Å². The van der Waals surface area contributed by atoms with Gasteiger partial charge in [0.05, 0.1) is 6.61 Å². The van der Waals surface area contributed by atoms with Crippen molar-refractivity contribution in [3.63, 3.8) is 0 Å². The molecule has 0 bridgehead atoms. The molecule has 2 nitrogen and oxygen atoms in total. The minimum Gasteiger partial charge on any atom is -0.359 e. The molecule has 0 atom stereocenters. The number of allylic oxidation sites excluding steroid dienone is 1. The number of rotatable bonds is 6. The fourth-order valence-corrected chi connectivity index (χ4v) is 0.529. The van der Waals surface area contributed by atoms with E-state index >= 15 is 0 Å². The Morgan fingerprint density at radius 2 is 2.09 bits per heavy atom. The number of ether oxygens (including phenoxy) is 2. The van der Waals surface area contributed by atoms with Crippen molar-refractivity contribution >= 4 is 0 Å². The van der Waals surface area contributed by atoms with Gasteiger partial charge in [0, 0.05) is 7.11 Å². The van der Waals surface area contributed by atoms with Gasteiger partial charge in [0.2, 0.25) is 0 Å². The van der Waals surface area contributed by atoms with Gasteiger partial charge in [-0.1, -0.05) is 6.08 Å². The van der Waals surface area contributed by atoms with Gasteiger partial charge in [-0.3, -0.25) is 0 Å². The smallest absolute Gasteiger partial charge is 0.359 e. The van der Waals surface area contributed by atoms with Crippen LogP contribution >= 0.6 is 0 Å². The molecule has 0 aliphatic heterocycles. The van der Waals surface area contributed by atoms with Crippen LogP contribution in [0.15, 0.2) is 12.2 Å². The Kier molecular flexibility index (Phi) is 16.2. The standard InChI is InChI=1S/C8H15O2.Li/c1-3-4-5-6-7-10-8-9-2;/h4-5H,1,3,6-8H2,2H3;/q-1;+1/b5-4+;. The predicted molar refractivity (Wildman–Crippen MR) is 41.6 cm³/mol. The molecule has 0 rings (SSSR count). The number of methoxy groups -OCH3 is 1. The van der Waals surface area contributed by atoms with E-state index in [0.29, 0.717) is 6.79 Å². The zero-order valence-corrected chi connectivity index (χ0v) is 7.51. The first-order valence-electron chi connectivity index (χ1n) is 3.42. The van der Waals surface area contributed by atoms with Crippen LogP contribution in [0, 0.1) is 6.92 Å². The molecule has 0 fully saturated rings. The van der Waals surface area contributed by atoms with E-state index in [-0.39, 0.29) is 18.9 Å². The van der Waals surface area contributed by atoms with E-state index < -0.39 is 0 Å². The minimum atomic E-state index is 0. The fraction of sp³-hybridized carbons (Fsp3) is 0.625. The minimum absolute atomic E-state index is 0. The van der Waals surface area contributed by atoms with Crippen molar-refractivity contribution in [2.75, 3.05) is 20.5 Å². The van der Waals surface area contributed by atoms with E-state index in [1.54, 1.807) is 7.11 Å². The Bertz CT molecular complexity index is 84.2. The average Bonchev–Trinajstić information content (AvgIpc) is 1.97. The molecule has 0 saturated heterocycles. The van der Waals surface area contributed by atoms with E-state index in [0.717, 1.165) is 19.4 Å². The van der Waals surface area contributed by atoms with E-state index in [9.17, 15) is 0 Å². The molecule has 3 heteroatoms. The maximum Gasteiger partial charge on any atom is 1.00 e. The molecular weight excluding hydrogens is 135 g/mol. The maximum absolute atomic E-state index is 5.04. The molecule has 0 aromatic carbocycles. The van der Waals surface area contributed by atoms with Gasteiger partial charge < -0.3 is 16.4 Å². The summed E-state index contributed by atoms with van der Waals surface area (Å²) in [5, 5.41) is 0. The molecule has 0 N–H and O–H groups in total. The molecule has 0 spiro atoms. The van der Waals surface area contributed by atoms with Crippen molar-refractivity contribution in [2.45, 2.75) is 12.8 Å². The summed E-state index contributed by atoms with van der Waals surface area (Å²) in [5.74, 6) is 0. The third kappa shape index (κ3) is 13.3. The summed E-state index contributed by atoms with van der Waals surface area (Å²) in [4.78, 5) is 0. The van der Waals surface area contributed by atoms with Crippen molar-refractivity contribution in [3.8, 4) is 0 Å². The first-order valence-corrected chi connectivity index (χ1v) is 3.42. The third-order valence-corrected chi connectivity index (χ3v) is 0.963. The molecule has 60 valence electrons. The Labute approximate surface area is 81.1 Å². The first-order chi connectivity index (χ1) is 4.91. The van der Waals surface area contributed by atoms with Crippen LogP contribution in [-0.4, -0.2) is 20.5 Å². The SMILES string of the molecule is [CH2-]C/C=C/CCOCOC.[Li+]. The summed E-state index contributed by atoms with van der Waals surface area (Å²) >= 11 is 0. The Morgan fingerprint density at radius 3 is 2.64 bits per heavy atom. The molecule has 0 amide bonds. The normalized spacial score (nSPS) is 10.0. The Hall–Kier alpha value is 0.257. The van der Waals surface area contributed by atoms with Gasteiger partial charge in [0.25, 0.3) is 0 Å². The summed E-state index contributed by atoms with van der Waals surface area (Å²) in [6.07, 6.45) is 5.88. The van der Waals surface area contributed by atoms with Gasteiger partial charge in [0.15, 0.2) is 0 Å². The van der Waals surface area contributed by atoms with E-state index in [4.69, 9.17) is 4.74 Å². The van der Waals surface area contributed by atoms with Crippen LogP contribution in [0.5, 0.6) is 0 Å². The van der Waals surface area contributed by atoms with E-state index in [1.165, 1.54) is 0 Å². The van der Waals surface area contributed by atoms with Crippen LogP contribution < -0.4 is 18.9 Å². The summed E-state index contributed by atoms with van der Waals surface area (Å²) in [7, 11) is 1.62. The molecule has 11 heavy (non-hydrogen) atoms. The predicted octanol–water partition coefficient (Wildman–Crippen LogP) is -1.22. The molecule has 0 radical (unpaired) electrons. The van der Waals surface area contributed by atoms with Crippen LogP contribution in [0.2, 0.25) is 0 Å². The van der Waals surface area contributed by atoms with Gasteiger partial charge in [-0.05, 0) is 6.42 Å². The monoisotopic (exact) mass is 150 g/mol. The van der Waals surface area contributed by atoms with Gasteiger partial charge >= 0.3 is 18.9 Å². The van der Waals surface area contributed by atoms with Gasteiger partial charge in [-0.15, -0.1) is 6.08 Å². The summed E-state index contributed by atoms with van der Waals surface area (Å²) < 4.78 is 9.73. The zero-order valence-electron chi connectivity index (χ0n) is 7.51. The summed E-state index contributed by atoms with van der Waals surface area (Å²) in [5.41, 5.74) is 0. The van der Waals surface area contributed by atoms with Crippen molar-refractivity contribution in [2.24, 2.45) is 0 Å². The summed E-state index contributed by atoms with van der Waals surface area (Å²) in [6, 6.07) is 0. The van der Waals surface area contributed by atoms with Crippen molar-refractivity contribution < 1.29 is 28.3 Å². The van der Waals surface area contributed by atoms with Crippen molar-refractivity contribution in [3.05, 3.63) is 19.1 Å². The summed E-state index contributed by atoms with van der Waals surface area (Å²) in [6.45, 7) is 4.78. The zero-order chi connectivity index (χ0) is 7.66. The quantitative estimate of drug-likeness (QED) is 0.155. The second kappa shape index (κ2) is 12.9. The topological polar surface area (TPSA) is 18.5 Å². The molecule has 0 aliphatic carbocycles. The van der Waals surface area contributed by atoms with E-state index in [2.05, 4.69) is 17.7 Å². The molecule has 0 unspecified atom stereocenters. The van der Waals surface area contributed by atoms with Crippen LogP contribution in [0.25, 0.3) is 0 Å². The van der Waals surface area contributed by atoms with E-state index in [1.807, 2.05) is 6.08 Å². The number of hydrogen-bond donors (Lipinski definition) is 0. The molecular formula is C8H15LiO2. The molecule has 0 aromatic heterocycles. The van der Waals surface area contributed by atoms with Gasteiger partial charge in [-0.2, -0.15) is 6.42 Å². The Balaban J connectivity index is 0. The molecule has 0 saturated carbocycles. The molecule has 0 aromatic rings. The second-order valence-corrected chi connectivity index (χ2v) is 1.86. The maximum atomic E-state index is 5.04. The molecule has 0 aliphatic rings. The van der Waals surface area contributed by atoms with Crippen LogP contribution in [-0.2, 0) is 9.47 Å². The van der Waals surface area contributed by atoms with Gasteiger partial charge in [-0.25, -0.2) is 0 Å². The average molecular weight is 150 g/mol. The number of hydrogen-bond acceptors (Lipinski definition) is 2. The second-order valence-electron chi connectivity index (χ2n) is 1.86. The molecule has 0 heterocycles. The third-order valence-electron chi connectivity index (χ3n) is 0.963. The van der Waals surface area contributed by atoms with Crippen LogP contribution in [0.1, 0.15) is 12.8 Å². The largest absolute Gasteiger partial charge is 1.00 e. The first kappa shape index (κ1) is 13.8. The van der Waals surface area contributed by atoms with Gasteiger partial charge in [0.1, 0.15) is 6.79 Å².